The quantitative estimate of drug-likeness (QED) is 0.895. The Morgan fingerprint density at radius 3 is 2.53 bits per heavy atom. The molecule has 17 heavy (non-hydrogen) atoms. The van der Waals surface area contributed by atoms with E-state index in [4.69, 9.17) is 5.73 Å². The number of nitrogens with two attached hydrogens (primary N) is 1. The molecule has 0 heterocycles. The first-order valence-corrected chi connectivity index (χ1v) is 5.85. The zero-order valence-corrected chi connectivity index (χ0v) is 10.5. The highest BCUT2D eigenvalue weighted by Gasteiger charge is 2.12. The molecule has 4 heteroatoms. The molecule has 88 valence electrons. The maximum atomic E-state index is 13.9. The highest BCUT2D eigenvalue weighted by atomic mass is 79.9. The maximum Gasteiger partial charge on any atom is 0.145 e. The second-order valence-electron chi connectivity index (χ2n) is 3.62. The van der Waals surface area contributed by atoms with Gasteiger partial charge in [0.05, 0.1) is 4.47 Å². The van der Waals surface area contributed by atoms with Crippen molar-refractivity contribution in [2.24, 2.45) is 5.73 Å². The van der Waals surface area contributed by atoms with Crippen LogP contribution in [-0.2, 0) is 6.54 Å². The van der Waals surface area contributed by atoms with Crippen molar-refractivity contribution in [3.05, 3.63) is 58.1 Å². The predicted octanol–water partition coefficient (Wildman–Crippen LogP) is 3.85. The van der Waals surface area contributed by atoms with Crippen molar-refractivity contribution in [3.8, 4) is 11.1 Å². The molecule has 2 N–H and O–H groups in total. The second kappa shape index (κ2) is 4.94. The summed E-state index contributed by atoms with van der Waals surface area (Å²) in [7, 11) is 0. The van der Waals surface area contributed by atoms with E-state index in [2.05, 4.69) is 15.9 Å². The molecule has 0 amide bonds. The van der Waals surface area contributed by atoms with Crippen molar-refractivity contribution >= 4 is 15.9 Å². The highest BCUT2D eigenvalue weighted by Crippen LogP contribution is 2.30. The Balaban J connectivity index is 2.63. The van der Waals surface area contributed by atoms with Crippen LogP contribution in [0.1, 0.15) is 5.56 Å². The minimum atomic E-state index is -0.472. The first-order valence-electron chi connectivity index (χ1n) is 5.06. The molecule has 0 aromatic heterocycles. The molecule has 0 aliphatic rings. The molecular formula is C13H10BrF2N. The van der Waals surface area contributed by atoms with E-state index >= 15 is 0 Å². The highest BCUT2D eigenvalue weighted by molar-refractivity contribution is 9.10. The van der Waals surface area contributed by atoms with E-state index in [0.29, 0.717) is 11.0 Å². The lowest BCUT2D eigenvalue weighted by molar-refractivity contribution is 0.612. The van der Waals surface area contributed by atoms with Crippen LogP contribution in [0.3, 0.4) is 0 Å². The number of hydrogen-bond donors (Lipinski definition) is 1. The first kappa shape index (κ1) is 12.2. The summed E-state index contributed by atoms with van der Waals surface area (Å²) in [6.45, 7) is 0.295. The average molecular weight is 298 g/mol. The van der Waals surface area contributed by atoms with Gasteiger partial charge in [0.25, 0.3) is 0 Å². The molecule has 0 fully saturated rings. The van der Waals surface area contributed by atoms with Crippen LogP contribution in [0.4, 0.5) is 8.78 Å². The summed E-state index contributed by atoms with van der Waals surface area (Å²) in [5.41, 5.74) is 6.71. The molecule has 0 aliphatic heterocycles. The summed E-state index contributed by atoms with van der Waals surface area (Å²) in [5.74, 6) is -0.931. The normalized spacial score (nSPS) is 10.6. The van der Waals surface area contributed by atoms with Crippen molar-refractivity contribution in [2.75, 3.05) is 0 Å². The van der Waals surface area contributed by atoms with E-state index in [0.717, 1.165) is 5.56 Å². The molecule has 0 saturated heterocycles. The summed E-state index contributed by atoms with van der Waals surface area (Å²) in [5, 5.41) is 0. The van der Waals surface area contributed by atoms with Gasteiger partial charge in [0.1, 0.15) is 11.6 Å². The fourth-order valence-electron chi connectivity index (χ4n) is 1.62. The molecule has 2 aromatic rings. The zero-order valence-electron chi connectivity index (χ0n) is 8.88. The third kappa shape index (κ3) is 2.37. The summed E-state index contributed by atoms with van der Waals surface area (Å²) >= 11 is 3.08. The van der Waals surface area contributed by atoms with Gasteiger partial charge in [-0.25, -0.2) is 8.78 Å². The monoisotopic (exact) mass is 297 g/mol. The van der Waals surface area contributed by atoms with Crippen molar-refractivity contribution in [1.82, 2.24) is 0 Å². The van der Waals surface area contributed by atoms with Gasteiger partial charge in [-0.2, -0.15) is 0 Å². The molecule has 2 aromatic carbocycles. The molecule has 0 atom stereocenters. The minimum Gasteiger partial charge on any atom is -0.326 e. The van der Waals surface area contributed by atoms with Gasteiger partial charge in [-0.3, -0.25) is 0 Å². The molecule has 0 bridgehead atoms. The summed E-state index contributed by atoms with van der Waals surface area (Å²) in [6.07, 6.45) is 0. The fourth-order valence-corrected chi connectivity index (χ4v) is 1.98. The average Bonchev–Trinajstić information content (AvgIpc) is 2.34. The van der Waals surface area contributed by atoms with Gasteiger partial charge in [0, 0.05) is 17.7 Å². The molecule has 1 nitrogen and oxygen atoms in total. The molecule has 0 radical (unpaired) electrons. The van der Waals surface area contributed by atoms with Crippen LogP contribution in [0.5, 0.6) is 0 Å². The molecule has 0 saturated carbocycles. The van der Waals surface area contributed by atoms with Crippen LogP contribution in [0.25, 0.3) is 11.1 Å². The van der Waals surface area contributed by atoms with E-state index in [9.17, 15) is 8.78 Å². The largest absolute Gasteiger partial charge is 0.326 e. The van der Waals surface area contributed by atoms with E-state index in [-0.39, 0.29) is 11.1 Å². The number of benzene rings is 2. The van der Waals surface area contributed by atoms with Crippen LogP contribution in [0.15, 0.2) is 40.9 Å². The van der Waals surface area contributed by atoms with Crippen LogP contribution in [0, 0.1) is 11.6 Å². The number of rotatable bonds is 2. The molecule has 0 spiro atoms. The third-order valence-corrected chi connectivity index (χ3v) is 3.12. The zero-order chi connectivity index (χ0) is 12.4. The first-order chi connectivity index (χ1) is 8.13. The van der Waals surface area contributed by atoms with Crippen LogP contribution in [-0.4, -0.2) is 0 Å². The van der Waals surface area contributed by atoms with Crippen molar-refractivity contribution in [1.29, 1.82) is 0 Å². The number of hydrogen-bond acceptors (Lipinski definition) is 1. The van der Waals surface area contributed by atoms with E-state index < -0.39 is 11.6 Å². The second-order valence-corrected chi connectivity index (χ2v) is 4.47. The molecule has 0 unspecified atom stereocenters. The van der Waals surface area contributed by atoms with Gasteiger partial charge in [0.15, 0.2) is 0 Å². The van der Waals surface area contributed by atoms with Crippen molar-refractivity contribution in [2.45, 2.75) is 6.54 Å². The summed E-state index contributed by atoms with van der Waals surface area (Å²) in [4.78, 5) is 0. The predicted molar refractivity (Wildman–Crippen MR) is 67.4 cm³/mol. The van der Waals surface area contributed by atoms with Gasteiger partial charge in [-0.15, -0.1) is 0 Å². The Labute approximate surface area is 106 Å². The summed E-state index contributed by atoms with van der Waals surface area (Å²) < 4.78 is 27.9. The Morgan fingerprint density at radius 2 is 1.82 bits per heavy atom. The number of halogens is 3. The Bertz CT molecular complexity index is 555. The minimum absolute atomic E-state index is 0.228. The van der Waals surface area contributed by atoms with E-state index in [1.54, 1.807) is 30.3 Å². The van der Waals surface area contributed by atoms with E-state index in [1.807, 2.05) is 0 Å². The maximum absolute atomic E-state index is 13.9. The third-order valence-electron chi connectivity index (χ3n) is 2.51. The topological polar surface area (TPSA) is 26.0 Å². The lowest BCUT2D eigenvalue weighted by Crippen LogP contribution is -1.98. The molecule has 0 aliphatic carbocycles. The molecular weight excluding hydrogens is 288 g/mol. The van der Waals surface area contributed by atoms with Crippen molar-refractivity contribution in [3.63, 3.8) is 0 Å². The Kier molecular flexibility index (Phi) is 3.54. The van der Waals surface area contributed by atoms with Crippen molar-refractivity contribution < 1.29 is 8.78 Å². The Hall–Kier alpha value is -1.26. The van der Waals surface area contributed by atoms with Gasteiger partial charge in [0.2, 0.25) is 0 Å². The van der Waals surface area contributed by atoms with E-state index in [1.165, 1.54) is 6.07 Å². The van der Waals surface area contributed by atoms with Gasteiger partial charge in [-0.05, 0) is 39.7 Å². The molecule has 2 rings (SSSR count). The standard InChI is InChI=1S/C13H10BrF2N/c14-11-3-1-2-9(13(11)16)10-6-8(7-17)4-5-12(10)15/h1-6H,7,17H2. The van der Waals surface area contributed by atoms with Gasteiger partial charge < -0.3 is 5.73 Å². The van der Waals surface area contributed by atoms with Crippen LogP contribution >= 0.6 is 15.9 Å². The smallest absolute Gasteiger partial charge is 0.145 e. The lowest BCUT2D eigenvalue weighted by atomic mass is 10.0. The Morgan fingerprint density at radius 1 is 1.06 bits per heavy atom. The van der Waals surface area contributed by atoms with Gasteiger partial charge in [-0.1, -0.05) is 18.2 Å². The van der Waals surface area contributed by atoms with Crippen LogP contribution < -0.4 is 5.73 Å². The lowest BCUT2D eigenvalue weighted by Gasteiger charge is -2.08. The van der Waals surface area contributed by atoms with Crippen LogP contribution in [0.2, 0.25) is 0 Å². The fraction of sp³-hybridized carbons (Fsp3) is 0.0769. The SMILES string of the molecule is NCc1ccc(F)c(-c2cccc(Br)c2F)c1. The van der Waals surface area contributed by atoms with Gasteiger partial charge >= 0.3 is 0 Å². The summed E-state index contributed by atoms with van der Waals surface area (Å²) in [6, 6.07) is 9.24.